The fraction of sp³-hybridized carbons (Fsp3) is 0.278. The van der Waals surface area contributed by atoms with Crippen LogP contribution in [0.15, 0.2) is 48.2 Å². The number of hydrazine groups is 1. The van der Waals surface area contributed by atoms with E-state index in [9.17, 15) is 9.59 Å². The maximum Gasteiger partial charge on any atom is 0.410 e. The van der Waals surface area contributed by atoms with Gasteiger partial charge in [0.15, 0.2) is 0 Å². The van der Waals surface area contributed by atoms with E-state index < -0.39 is 0 Å². The second kappa shape index (κ2) is 7.65. The van der Waals surface area contributed by atoms with Crippen LogP contribution in [-0.2, 0) is 4.74 Å². The number of carbonyl (C=O) groups excluding carboxylic acids is 2. The van der Waals surface area contributed by atoms with Crippen molar-refractivity contribution in [1.29, 1.82) is 0 Å². The van der Waals surface area contributed by atoms with Crippen LogP contribution < -0.4 is 10.9 Å². The standard InChI is InChI=1S/C18H20N4O3/c1-2-25-18(24)22-11-9-14(10-12-22)20-21-17(23)16-8-7-13-5-3-4-6-15(13)19-16/h3-9,20H,2,10-12H2,1H3,(H,21,23). The van der Waals surface area contributed by atoms with Gasteiger partial charge in [0, 0.05) is 30.6 Å². The molecule has 0 aliphatic carbocycles. The largest absolute Gasteiger partial charge is 0.450 e. The van der Waals surface area contributed by atoms with Gasteiger partial charge in [-0.15, -0.1) is 0 Å². The van der Waals surface area contributed by atoms with E-state index in [-0.39, 0.29) is 12.0 Å². The van der Waals surface area contributed by atoms with Gasteiger partial charge >= 0.3 is 6.09 Å². The number of pyridine rings is 1. The number of amides is 2. The van der Waals surface area contributed by atoms with E-state index in [1.807, 2.05) is 36.4 Å². The zero-order valence-electron chi connectivity index (χ0n) is 14.0. The van der Waals surface area contributed by atoms with E-state index in [0.29, 0.717) is 31.8 Å². The second-order valence-corrected chi connectivity index (χ2v) is 5.59. The Morgan fingerprint density at radius 2 is 2.08 bits per heavy atom. The molecule has 0 atom stereocenters. The highest BCUT2D eigenvalue weighted by Crippen LogP contribution is 2.12. The molecule has 1 aromatic carbocycles. The normalized spacial score (nSPS) is 14.0. The molecule has 25 heavy (non-hydrogen) atoms. The average Bonchev–Trinajstić information content (AvgIpc) is 2.66. The number of benzene rings is 1. The van der Waals surface area contributed by atoms with E-state index in [2.05, 4.69) is 15.8 Å². The Labute approximate surface area is 145 Å². The molecule has 2 amide bonds. The van der Waals surface area contributed by atoms with Crippen molar-refractivity contribution in [3.63, 3.8) is 0 Å². The van der Waals surface area contributed by atoms with Crippen LogP contribution >= 0.6 is 0 Å². The maximum absolute atomic E-state index is 12.2. The number of nitrogens with one attached hydrogen (secondary N) is 2. The lowest BCUT2D eigenvalue weighted by molar-refractivity contribution is 0.0928. The molecule has 1 aliphatic rings. The Balaban J connectivity index is 1.56. The van der Waals surface area contributed by atoms with Crippen molar-refractivity contribution in [2.75, 3.05) is 19.7 Å². The number of aromatic nitrogens is 1. The minimum absolute atomic E-state index is 0.306. The summed E-state index contributed by atoms with van der Waals surface area (Å²) in [5.74, 6) is -0.306. The van der Waals surface area contributed by atoms with Crippen molar-refractivity contribution in [3.05, 3.63) is 53.9 Å². The first-order valence-electron chi connectivity index (χ1n) is 8.20. The molecule has 0 radical (unpaired) electrons. The number of carbonyl (C=O) groups is 2. The topological polar surface area (TPSA) is 83.6 Å². The minimum Gasteiger partial charge on any atom is -0.450 e. The summed E-state index contributed by atoms with van der Waals surface area (Å²) in [6.45, 7) is 3.13. The van der Waals surface area contributed by atoms with Crippen LogP contribution in [0.2, 0.25) is 0 Å². The molecule has 0 saturated carbocycles. The summed E-state index contributed by atoms with van der Waals surface area (Å²) < 4.78 is 4.97. The van der Waals surface area contributed by atoms with Gasteiger partial charge in [-0.2, -0.15) is 0 Å². The third-order valence-corrected chi connectivity index (χ3v) is 3.90. The molecule has 1 aromatic heterocycles. The van der Waals surface area contributed by atoms with Gasteiger partial charge < -0.3 is 15.1 Å². The first-order valence-corrected chi connectivity index (χ1v) is 8.20. The molecular weight excluding hydrogens is 320 g/mol. The molecule has 0 spiro atoms. The highest BCUT2D eigenvalue weighted by atomic mass is 16.6. The molecule has 130 valence electrons. The molecule has 1 aliphatic heterocycles. The number of rotatable bonds is 4. The Bertz CT molecular complexity index is 819. The van der Waals surface area contributed by atoms with Crippen LogP contribution in [0.1, 0.15) is 23.8 Å². The van der Waals surface area contributed by atoms with E-state index in [1.54, 1.807) is 17.9 Å². The van der Waals surface area contributed by atoms with Gasteiger partial charge in [-0.3, -0.25) is 10.2 Å². The van der Waals surface area contributed by atoms with Crippen molar-refractivity contribution in [1.82, 2.24) is 20.7 Å². The Morgan fingerprint density at radius 3 is 2.84 bits per heavy atom. The van der Waals surface area contributed by atoms with Gasteiger partial charge in [0.25, 0.3) is 5.91 Å². The van der Waals surface area contributed by atoms with Gasteiger partial charge in [0.1, 0.15) is 5.69 Å². The molecular formula is C18H20N4O3. The van der Waals surface area contributed by atoms with E-state index in [0.717, 1.165) is 16.6 Å². The van der Waals surface area contributed by atoms with Crippen molar-refractivity contribution in [2.24, 2.45) is 0 Å². The summed E-state index contributed by atoms with van der Waals surface area (Å²) in [5.41, 5.74) is 7.52. The summed E-state index contributed by atoms with van der Waals surface area (Å²) in [4.78, 5) is 29.8. The van der Waals surface area contributed by atoms with Gasteiger partial charge in [0.2, 0.25) is 0 Å². The molecule has 0 bridgehead atoms. The average molecular weight is 340 g/mol. The highest BCUT2D eigenvalue weighted by Gasteiger charge is 2.18. The lowest BCUT2D eigenvalue weighted by Gasteiger charge is -2.26. The van der Waals surface area contributed by atoms with E-state index >= 15 is 0 Å². The maximum atomic E-state index is 12.2. The number of para-hydroxylation sites is 1. The molecule has 0 unspecified atom stereocenters. The summed E-state index contributed by atoms with van der Waals surface area (Å²) in [7, 11) is 0. The molecule has 7 nitrogen and oxygen atoms in total. The fourth-order valence-corrected chi connectivity index (χ4v) is 2.56. The second-order valence-electron chi connectivity index (χ2n) is 5.59. The molecule has 0 saturated heterocycles. The first kappa shape index (κ1) is 16.8. The van der Waals surface area contributed by atoms with Gasteiger partial charge in [-0.25, -0.2) is 9.78 Å². The lowest BCUT2D eigenvalue weighted by atomic mass is 10.2. The van der Waals surface area contributed by atoms with Crippen LogP contribution in [0.5, 0.6) is 0 Å². The molecule has 2 heterocycles. The summed E-state index contributed by atoms with van der Waals surface area (Å²) >= 11 is 0. The molecule has 3 rings (SSSR count). The predicted octanol–water partition coefficient (Wildman–Crippen LogP) is 2.22. The molecule has 2 N–H and O–H groups in total. The van der Waals surface area contributed by atoms with Gasteiger partial charge in [0.05, 0.1) is 12.1 Å². The fourth-order valence-electron chi connectivity index (χ4n) is 2.56. The minimum atomic E-state index is -0.317. The van der Waals surface area contributed by atoms with Crippen LogP contribution in [0.4, 0.5) is 4.79 Å². The summed E-state index contributed by atoms with van der Waals surface area (Å²) in [6.07, 6.45) is 2.15. The van der Waals surface area contributed by atoms with Gasteiger partial charge in [-0.05, 0) is 25.1 Å². The third-order valence-electron chi connectivity index (χ3n) is 3.90. The van der Waals surface area contributed by atoms with Crippen molar-refractivity contribution in [2.45, 2.75) is 13.3 Å². The molecule has 0 fully saturated rings. The molecule has 7 heteroatoms. The van der Waals surface area contributed by atoms with E-state index in [1.165, 1.54) is 0 Å². The molecule has 2 aromatic rings. The van der Waals surface area contributed by atoms with Crippen LogP contribution in [0, 0.1) is 0 Å². The van der Waals surface area contributed by atoms with Crippen molar-refractivity contribution < 1.29 is 14.3 Å². The van der Waals surface area contributed by atoms with Crippen LogP contribution in [0.25, 0.3) is 10.9 Å². The quantitative estimate of drug-likeness (QED) is 0.834. The number of fused-ring (bicyclic) bond motifs is 1. The number of hydrogen-bond donors (Lipinski definition) is 2. The number of nitrogens with zero attached hydrogens (tertiary/aromatic N) is 2. The Hall–Kier alpha value is -3.09. The summed E-state index contributed by atoms with van der Waals surface area (Å²) in [5, 5.41) is 0.987. The smallest absolute Gasteiger partial charge is 0.410 e. The lowest BCUT2D eigenvalue weighted by Crippen LogP contribution is -2.42. The van der Waals surface area contributed by atoms with Crippen molar-refractivity contribution in [3.8, 4) is 0 Å². The predicted molar refractivity (Wildman–Crippen MR) is 93.6 cm³/mol. The third kappa shape index (κ3) is 4.06. The van der Waals surface area contributed by atoms with E-state index in [4.69, 9.17) is 4.74 Å². The first-order chi connectivity index (χ1) is 12.2. The number of ether oxygens (including phenoxy) is 1. The monoisotopic (exact) mass is 340 g/mol. The summed E-state index contributed by atoms with van der Waals surface area (Å²) in [6, 6.07) is 11.2. The zero-order valence-corrected chi connectivity index (χ0v) is 14.0. The Morgan fingerprint density at radius 1 is 1.24 bits per heavy atom. The Kier molecular flexibility index (Phi) is 5.13. The van der Waals surface area contributed by atoms with Crippen LogP contribution in [-0.4, -0.2) is 41.6 Å². The number of hydrogen-bond acceptors (Lipinski definition) is 5. The highest BCUT2D eigenvalue weighted by molar-refractivity contribution is 5.94. The SMILES string of the molecule is CCOC(=O)N1CC=C(NNC(=O)c2ccc3ccccc3n2)CC1. The van der Waals surface area contributed by atoms with Crippen molar-refractivity contribution >= 4 is 22.9 Å². The zero-order chi connectivity index (χ0) is 17.6. The van der Waals surface area contributed by atoms with Gasteiger partial charge in [-0.1, -0.05) is 24.3 Å². The van der Waals surface area contributed by atoms with Crippen LogP contribution in [0.3, 0.4) is 0 Å².